The van der Waals surface area contributed by atoms with Crippen LogP contribution in [0.5, 0.6) is 0 Å². The van der Waals surface area contributed by atoms with Crippen LogP contribution in [0.2, 0.25) is 0 Å². The smallest absolute Gasteiger partial charge is 0.0234 e. The summed E-state index contributed by atoms with van der Waals surface area (Å²) in [4.78, 5) is 5.40. The third kappa shape index (κ3) is 2.14. The number of piperidine rings is 1. The van der Waals surface area contributed by atoms with Gasteiger partial charge in [-0.2, -0.15) is 0 Å². The first kappa shape index (κ1) is 12.4. The van der Waals surface area contributed by atoms with Crippen molar-refractivity contribution in [2.24, 2.45) is 0 Å². The van der Waals surface area contributed by atoms with E-state index in [9.17, 15) is 0 Å². The molecular formula is C14H28N2. The van der Waals surface area contributed by atoms with Crippen LogP contribution in [-0.2, 0) is 0 Å². The molecule has 0 aromatic carbocycles. The van der Waals surface area contributed by atoms with E-state index in [-0.39, 0.29) is 0 Å². The van der Waals surface area contributed by atoms with Crippen molar-refractivity contribution in [2.75, 3.05) is 26.2 Å². The Morgan fingerprint density at radius 2 is 1.62 bits per heavy atom. The summed E-state index contributed by atoms with van der Waals surface area (Å²) < 4.78 is 0. The molecule has 2 heteroatoms. The van der Waals surface area contributed by atoms with Crippen molar-refractivity contribution in [3.8, 4) is 0 Å². The molecule has 0 amide bonds. The van der Waals surface area contributed by atoms with Gasteiger partial charge in [-0.05, 0) is 59.5 Å². The van der Waals surface area contributed by atoms with Gasteiger partial charge >= 0.3 is 0 Å². The number of likely N-dealkylation sites (tertiary alicyclic amines) is 2. The fraction of sp³-hybridized carbons (Fsp3) is 1.00. The van der Waals surface area contributed by atoms with Crippen LogP contribution < -0.4 is 0 Å². The van der Waals surface area contributed by atoms with Crippen LogP contribution in [-0.4, -0.2) is 47.1 Å². The van der Waals surface area contributed by atoms with Crippen molar-refractivity contribution >= 4 is 0 Å². The first-order chi connectivity index (χ1) is 7.48. The van der Waals surface area contributed by atoms with Crippen LogP contribution in [0.3, 0.4) is 0 Å². The molecule has 2 saturated heterocycles. The lowest BCUT2D eigenvalue weighted by Gasteiger charge is -2.48. The van der Waals surface area contributed by atoms with Gasteiger partial charge in [0, 0.05) is 24.2 Å². The number of nitrogens with zero attached hydrogens (tertiary/aromatic N) is 2. The molecule has 0 aromatic heterocycles. The Hall–Kier alpha value is -0.0800. The van der Waals surface area contributed by atoms with Crippen LogP contribution in [0.25, 0.3) is 0 Å². The van der Waals surface area contributed by atoms with E-state index in [1.54, 1.807) is 0 Å². The largest absolute Gasteiger partial charge is 0.298 e. The Labute approximate surface area is 101 Å². The minimum Gasteiger partial charge on any atom is -0.298 e. The molecule has 2 rings (SSSR count). The van der Waals surface area contributed by atoms with Gasteiger partial charge in [-0.15, -0.1) is 0 Å². The Morgan fingerprint density at radius 3 is 2.12 bits per heavy atom. The molecule has 0 atom stereocenters. The fourth-order valence-electron chi connectivity index (χ4n) is 3.65. The maximum Gasteiger partial charge on any atom is 0.0234 e. The zero-order valence-corrected chi connectivity index (χ0v) is 11.6. The van der Waals surface area contributed by atoms with Crippen LogP contribution in [0.1, 0.15) is 53.4 Å². The summed E-state index contributed by atoms with van der Waals surface area (Å²) in [7, 11) is 0. The van der Waals surface area contributed by atoms with Crippen LogP contribution in [0, 0.1) is 0 Å². The molecule has 16 heavy (non-hydrogen) atoms. The molecule has 0 aliphatic carbocycles. The average Bonchev–Trinajstić information content (AvgIpc) is 2.60. The van der Waals surface area contributed by atoms with Crippen molar-refractivity contribution in [2.45, 2.75) is 64.5 Å². The summed E-state index contributed by atoms with van der Waals surface area (Å²) in [6.07, 6.45) is 5.64. The van der Waals surface area contributed by atoms with Crippen molar-refractivity contribution in [3.63, 3.8) is 0 Å². The minimum atomic E-state index is 0.358. The number of hydrogen-bond acceptors (Lipinski definition) is 2. The van der Waals surface area contributed by atoms with Crippen molar-refractivity contribution in [1.82, 2.24) is 9.80 Å². The van der Waals surface area contributed by atoms with Gasteiger partial charge < -0.3 is 0 Å². The Kier molecular flexibility index (Phi) is 3.33. The minimum absolute atomic E-state index is 0.358. The predicted octanol–water partition coefficient (Wildman–Crippen LogP) is 2.74. The van der Waals surface area contributed by atoms with Crippen LogP contribution >= 0.6 is 0 Å². The molecule has 0 bridgehead atoms. The molecule has 0 N–H and O–H groups in total. The molecule has 2 aliphatic rings. The summed E-state index contributed by atoms with van der Waals surface area (Å²) in [5, 5.41) is 0. The zero-order chi connectivity index (χ0) is 11.8. The zero-order valence-electron chi connectivity index (χ0n) is 11.6. The lowest BCUT2D eigenvalue weighted by molar-refractivity contribution is 0.0186. The van der Waals surface area contributed by atoms with Crippen LogP contribution in [0.15, 0.2) is 0 Å². The highest BCUT2D eigenvalue weighted by Crippen LogP contribution is 2.39. The standard InChI is InChI=1S/C14H28N2/c1-5-15-10-6-7-14(15)8-11-16(12-9-14)13(2,3)4/h5-12H2,1-4H3. The molecule has 0 radical (unpaired) electrons. The SMILES string of the molecule is CCN1CCCC12CCN(C(C)(C)C)CC2. The molecule has 0 saturated carbocycles. The van der Waals surface area contributed by atoms with E-state index in [1.807, 2.05) is 0 Å². The second-order valence-electron chi connectivity index (χ2n) is 6.57. The summed E-state index contributed by atoms with van der Waals surface area (Å²) in [6, 6.07) is 0. The van der Waals surface area contributed by atoms with Gasteiger partial charge in [-0.3, -0.25) is 9.80 Å². The summed E-state index contributed by atoms with van der Waals surface area (Å²) >= 11 is 0. The summed E-state index contributed by atoms with van der Waals surface area (Å²) in [5.74, 6) is 0. The Balaban J connectivity index is 1.98. The fourth-order valence-corrected chi connectivity index (χ4v) is 3.65. The molecule has 2 nitrogen and oxygen atoms in total. The van der Waals surface area contributed by atoms with E-state index >= 15 is 0 Å². The summed E-state index contributed by atoms with van der Waals surface area (Å²) in [6.45, 7) is 14.5. The third-order valence-corrected chi connectivity index (χ3v) is 4.77. The van der Waals surface area contributed by atoms with E-state index < -0.39 is 0 Å². The van der Waals surface area contributed by atoms with Gasteiger partial charge in [0.25, 0.3) is 0 Å². The van der Waals surface area contributed by atoms with Crippen molar-refractivity contribution < 1.29 is 0 Å². The Morgan fingerprint density at radius 1 is 1.00 bits per heavy atom. The van der Waals surface area contributed by atoms with Crippen molar-refractivity contribution in [1.29, 1.82) is 0 Å². The second kappa shape index (κ2) is 4.30. The van der Waals surface area contributed by atoms with Gasteiger partial charge in [-0.1, -0.05) is 6.92 Å². The highest BCUT2D eigenvalue weighted by atomic mass is 15.3. The van der Waals surface area contributed by atoms with E-state index in [1.165, 1.54) is 51.9 Å². The topological polar surface area (TPSA) is 6.48 Å². The molecule has 2 heterocycles. The molecule has 1 spiro atoms. The highest BCUT2D eigenvalue weighted by molar-refractivity contribution is 5.00. The first-order valence-electron chi connectivity index (χ1n) is 6.98. The maximum absolute atomic E-state index is 2.74. The first-order valence-corrected chi connectivity index (χ1v) is 6.98. The average molecular weight is 224 g/mol. The van der Waals surface area contributed by atoms with Crippen LogP contribution in [0.4, 0.5) is 0 Å². The van der Waals surface area contributed by atoms with Gasteiger partial charge in [0.2, 0.25) is 0 Å². The van der Waals surface area contributed by atoms with E-state index in [0.29, 0.717) is 11.1 Å². The molecule has 94 valence electrons. The number of hydrogen-bond donors (Lipinski definition) is 0. The van der Waals surface area contributed by atoms with Gasteiger partial charge in [0.05, 0.1) is 0 Å². The maximum atomic E-state index is 2.74. The van der Waals surface area contributed by atoms with E-state index in [0.717, 1.165) is 0 Å². The van der Waals surface area contributed by atoms with Gasteiger partial charge in [0.1, 0.15) is 0 Å². The molecule has 0 aromatic rings. The second-order valence-corrected chi connectivity index (χ2v) is 6.57. The molecule has 2 aliphatic heterocycles. The molecular weight excluding hydrogens is 196 g/mol. The lowest BCUT2D eigenvalue weighted by Crippen LogP contribution is -2.55. The monoisotopic (exact) mass is 224 g/mol. The third-order valence-electron chi connectivity index (χ3n) is 4.77. The summed E-state index contributed by atoms with van der Waals surface area (Å²) in [5.41, 5.74) is 0.938. The van der Waals surface area contributed by atoms with Gasteiger partial charge in [-0.25, -0.2) is 0 Å². The number of rotatable bonds is 1. The quantitative estimate of drug-likeness (QED) is 0.676. The molecule has 0 unspecified atom stereocenters. The lowest BCUT2D eigenvalue weighted by atomic mass is 9.83. The Bertz CT molecular complexity index is 234. The highest BCUT2D eigenvalue weighted by Gasteiger charge is 2.43. The normalized spacial score (nSPS) is 27.8. The van der Waals surface area contributed by atoms with Gasteiger partial charge in [0.15, 0.2) is 0 Å². The predicted molar refractivity (Wildman–Crippen MR) is 69.8 cm³/mol. The van der Waals surface area contributed by atoms with E-state index in [4.69, 9.17) is 0 Å². The van der Waals surface area contributed by atoms with Crippen molar-refractivity contribution in [3.05, 3.63) is 0 Å². The van der Waals surface area contributed by atoms with E-state index in [2.05, 4.69) is 37.5 Å². The molecule has 2 fully saturated rings.